The van der Waals surface area contributed by atoms with Gasteiger partial charge in [0.1, 0.15) is 0 Å². The lowest BCUT2D eigenvalue weighted by Crippen LogP contribution is -2.08. The second kappa shape index (κ2) is 6.40. The van der Waals surface area contributed by atoms with Crippen molar-refractivity contribution in [2.24, 2.45) is 5.92 Å². The van der Waals surface area contributed by atoms with Crippen LogP contribution in [0.15, 0.2) is 12.2 Å². The standard InChI is InChI=1S/C8H13BrO2/c1-7(8(10)11)5-3-2-4-6-9/h2,4,7H,3,5-6H2,1H3,(H,10,11). The Kier molecular flexibility index (Phi) is 6.22. The molecule has 0 fully saturated rings. The zero-order valence-electron chi connectivity index (χ0n) is 6.59. The van der Waals surface area contributed by atoms with E-state index in [-0.39, 0.29) is 5.92 Å². The number of carboxylic acids is 1. The van der Waals surface area contributed by atoms with Crippen LogP contribution in [0.5, 0.6) is 0 Å². The quantitative estimate of drug-likeness (QED) is 0.571. The molecule has 0 saturated carbocycles. The van der Waals surface area contributed by atoms with E-state index < -0.39 is 5.97 Å². The summed E-state index contributed by atoms with van der Waals surface area (Å²) in [4.78, 5) is 10.3. The zero-order valence-corrected chi connectivity index (χ0v) is 8.17. The molecule has 0 saturated heterocycles. The maximum Gasteiger partial charge on any atom is 0.306 e. The maximum atomic E-state index is 10.3. The van der Waals surface area contributed by atoms with E-state index in [4.69, 9.17) is 5.11 Å². The fourth-order valence-corrected chi connectivity index (χ4v) is 0.915. The van der Waals surface area contributed by atoms with Crippen molar-refractivity contribution in [3.8, 4) is 0 Å². The number of rotatable bonds is 5. The van der Waals surface area contributed by atoms with Crippen LogP contribution < -0.4 is 0 Å². The van der Waals surface area contributed by atoms with Crippen LogP contribution in [0.25, 0.3) is 0 Å². The Labute approximate surface area is 75.4 Å². The topological polar surface area (TPSA) is 37.3 Å². The Morgan fingerprint density at radius 3 is 2.73 bits per heavy atom. The lowest BCUT2D eigenvalue weighted by atomic mass is 10.1. The number of carboxylic acid groups (broad SMARTS) is 1. The molecule has 64 valence electrons. The Morgan fingerprint density at radius 2 is 2.27 bits per heavy atom. The van der Waals surface area contributed by atoms with Gasteiger partial charge < -0.3 is 5.11 Å². The number of alkyl halides is 1. The Morgan fingerprint density at radius 1 is 1.64 bits per heavy atom. The van der Waals surface area contributed by atoms with Crippen molar-refractivity contribution >= 4 is 21.9 Å². The lowest BCUT2D eigenvalue weighted by molar-refractivity contribution is -0.141. The van der Waals surface area contributed by atoms with Crippen molar-refractivity contribution in [1.29, 1.82) is 0 Å². The number of halogens is 1. The lowest BCUT2D eigenvalue weighted by Gasteiger charge is -2.01. The molecule has 0 aliphatic heterocycles. The first kappa shape index (κ1) is 10.7. The van der Waals surface area contributed by atoms with Crippen LogP contribution in [-0.2, 0) is 4.79 Å². The van der Waals surface area contributed by atoms with E-state index in [0.717, 1.165) is 18.2 Å². The largest absolute Gasteiger partial charge is 0.481 e. The molecule has 2 nitrogen and oxygen atoms in total. The minimum Gasteiger partial charge on any atom is -0.481 e. The summed E-state index contributed by atoms with van der Waals surface area (Å²) in [5.74, 6) is -0.938. The fourth-order valence-electron chi connectivity index (χ4n) is 0.651. The van der Waals surface area contributed by atoms with Crippen LogP contribution in [0.4, 0.5) is 0 Å². The van der Waals surface area contributed by atoms with Crippen molar-refractivity contribution in [2.45, 2.75) is 19.8 Å². The van der Waals surface area contributed by atoms with E-state index in [1.54, 1.807) is 6.92 Å². The van der Waals surface area contributed by atoms with Gasteiger partial charge in [-0.1, -0.05) is 35.0 Å². The smallest absolute Gasteiger partial charge is 0.306 e. The third kappa shape index (κ3) is 6.10. The van der Waals surface area contributed by atoms with Gasteiger partial charge in [-0.3, -0.25) is 4.79 Å². The van der Waals surface area contributed by atoms with E-state index in [2.05, 4.69) is 15.9 Å². The van der Waals surface area contributed by atoms with E-state index in [1.807, 2.05) is 12.2 Å². The number of carbonyl (C=O) groups is 1. The van der Waals surface area contributed by atoms with Crippen molar-refractivity contribution in [3.63, 3.8) is 0 Å². The molecule has 0 aromatic carbocycles. The first-order chi connectivity index (χ1) is 5.18. The monoisotopic (exact) mass is 220 g/mol. The van der Waals surface area contributed by atoms with E-state index in [0.29, 0.717) is 0 Å². The van der Waals surface area contributed by atoms with E-state index in [1.165, 1.54) is 0 Å². The number of hydrogen-bond acceptors (Lipinski definition) is 1. The molecule has 0 amide bonds. The average Bonchev–Trinajstić information content (AvgIpc) is 1.97. The first-order valence-electron chi connectivity index (χ1n) is 3.62. The Bertz CT molecular complexity index is 143. The minimum absolute atomic E-state index is 0.227. The molecule has 1 N–H and O–H groups in total. The fraction of sp³-hybridized carbons (Fsp3) is 0.625. The van der Waals surface area contributed by atoms with Gasteiger partial charge in [0.25, 0.3) is 0 Å². The third-order valence-electron chi connectivity index (χ3n) is 1.44. The molecule has 0 bridgehead atoms. The van der Waals surface area contributed by atoms with E-state index >= 15 is 0 Å². The summed E-state index contributed by atoms with van der Waals surface area (Å²) in [6, 6.07) is 0. The van der Waals surface area contributed by atoms with Crippen LogP contribution in [0, 0.1) is 5.92 Å². The highest BCUT2D eigenvalue weighted by Crippen LogP contribution is 2.05. The van der Waals surface area contributed by atoms with Gasteiger partial charge >= 0.3 is 5.97 Å². The summed E-state index contributed by atoms with van der Waals surface area (Å²) in [5, 5.41) is 9.35. The summed E-state index contributed by atoms with van der Waals surface area (Å²) in [6.45, 7) is 1.73. The zero-order chi connectivity index (χ0) is 8.69. The molecule has 11 heavy (non-hydrogen) atoms. The Hall–Kier alpha value is -0.310. The molecule has 0 radical (unpaired) electrons. The molecule has 1 unspecified atom stereocenters. The molecule has 0 aromatic heterocycles. The highest BCUT2D eigenvalue weighted by molar-refractivity contribution is 9.09. The molecule has 0 aromatic rings. The molecule has 0 heterocycles. The number of allylic oxidation sites excluding steroid dienone is 2. The van der Waals surface area contributed by atoms with Gasteiger partial charge in [0.05, 0.1) is 5.92 Å². The normalized spacial score (nSPS) is 13.6. The van der Waals surface area contributed by atoms with Gasteiger partial charge in [-0.2, -0.15) is 0 Å². The summed E-state index contributed by atoms with van der Waals surface area (Å²) >= 11 is 3.24. The van der Waals surface area contributed by atoms with Crippen LogP contribution in [-0.4, -0.2) is 16.4 Å². The van der Waals surface area contributed by atoms with Crippen LogP contribution >= 0.6 is 15.9 Å². The third-order valence-corrected chi connectivity index (χ3v) is 1.82. The van der Waals surface area contributed by atoms with Crippen LogP contribution in [0.3, 0.4) is 0 Å². The molecule has 0 spiro atoms. The summed E-state index contributed by atoms with van der Waals surface area (Å²) < 4.78 is 0. The molecule has 0 rings (SSSR count). The highest BCUT2D eigenvalue weighted by atomic mass is 79.9. The molecule has 0 aliphatic carbocycles. The predicted octanol–water partition coefficient (Wildman–Crippen LogP) is 2.44. The molecule has 3 heteroatoms. The molecule has 0 aliphatic rings. The maximum absolute atomic E-state index is 10.3. The van der Waals surface area contributed by atoms with Crippen molar-refractivity contribution in [1.82, 2.24) is 0 Å². The number of aliphatic carboxylic acids is 1. The van der Waals surface area contributed by atoms with E-state index in [9.17, 15) is 4.79 Å². The average molecular weight is 221 g/mol. The van der Waals surface area contributed by atoms with Crippen molar-refractivity contribution in [3.05, 3.63) is 12.2 Å². The Balaban J connectivity index is 3.38. The first-order valence-corrected chi connectivity index (χ1v) is 4.74. The van der Waals surface area contributed by atoms with Gasteiger partial charge in [0.15, 0.2) is 0 Å². The SMILES string of the molecule is CC(CCC=CCBr)C(=O)O. The highest BCUT2D eigenvalue weighted by Gasteiger charge is 2.07. The van der Waals surface area contributed by atoms with Gasteiger partial charge in [-0.15, -0.1) is 0 Å². The molecular weight excluding hydrogens is 208 g/mol. The van der Waals surface area contributed by atoms with Gasteiger partial charge in [-0.05, 0) is 12.8 Å². The predicted molar refractivity (Wildman–Crippen MR) is 49.0 cm³/mol. The van der Waals surface area contributed by atoms with Crippen LogP contribution in [0.2, 0.25) is 0 Å². The second-order valence-corrected chi connectivity index (χ2v) is 3.09. The van der Waals surface area contributed by atoms with Gasteiger partial charge in [0.2, 0.25) is 0 Å². The van der Waals surface area contributed by atoms with Crippen molar-refractivity contribution < 1.29 is 9.90 Å². The summed E-state index contributed by atoms with van der Waals surface area (Å²) in [7, 11) is 0. The van der Waals surface area contributed by atoms with Gasteiger partial charge in [-0.25, -0.2) is 0 Å². The molecule has 1 atom stereocenters. The number of hydrogen-bond donors (Lipinski definition) is 1. The van der Waals surface area contributed by atoms with Gasteiger partial charge in [0, 0.05) is 5.33 Å². The summed E-state index contributed by atoms with van der Waals surface area (Å²) in [5.41, 5.74) is 0. The van der Waals surface area contributed by atoms with Crippen LogP contribution in [0.1, 0.15) is 19.8 Å². The van der Waals surface area contributed by atoms with Crippen molar-refractivity contribution in [2.75, 3.05) is 5.33 Å². The second-order valence-electron chi connectivity index (χ2n) is 2.44. The summed E-state index contributed by atoms with van der Waals surface area (Å²) in [6.07, 6.45) is 5.54. The molecular formula is C8H13BrO2. The minimum atomic E-state index is -0.711.